The fourth-order valence-electron chi connectivity index (χ4n) is 1.56. The predicted octanol–water partition coefficient (Wildman–Crippen LogP) is -1.35. The Labute approximate surface area is 121 Å². The van der Waals surface area contributed by atoms with Gasteiger partial charge < -0.3 is 9.66 Å². The molecule has 0 aliphatic rings. The summed E-state index contributed by atoms with van der Waals surface area (Å²) in [6, 6.07) is 0. The van der Waals surface area contributed by atoms with Gasteiger partial charge in [-0.25, -0.2) is 8.42 Å². The summed E-state index contributed by atoms with van der Waals surface area (Å²) >= 11 is 0. The van der Waals surface area contributed by atoms with E-state index in [0.717, 1.165) is 25.7 Å². The van der Waals surface area contributed by atoms with E-state index in [-0.39, 0.29) is 36.0 Å². The summed E-state index contributed by atoms with van der Waals surface area (Å²) in [6.45, 7) is 3.57. The molecule has 6 heteroatoms. The number of rotatable bonds is 8. The van der Waals surface area contributed by atoms with Crippen molar-refractivity contribution in [2.45, 2.75) is 63.7 Å². The molecule has 16 heavy (non-hydrogen) atoms. The van der Waals surface area contributed by atoms with Crippen LogP contribution in [0.5, 0.6) is 0 Å². The van der Waals surface area contributed by atoms with E-state index in [4.69, 9.17) is 5.11 Å². The summed E-state index contributed by atoms with van der Waals surface area (Å²) in [5, 5.41) is 8.16. The van der Waals surface area contributed by atoms with Crippen molar-refractivity contribution in [2.24, 2.45) is 0 Å². The van der Waals surface area contributed by atoms with Crippen LogP contribution < -0.4 is 29.6 Å². The van der Waals surface area contributed by atoms with Crippen LogP contribution in [-0.2, 0) is 10.1 Å². The van der Waals surface area contributed by atoms with E-state index in [0.29, 0.717) is 6.42 Å². The average Bonchev–Trinajstić information content (AvgIpc) is 2.08. The summed E-state index contributed by atoms with van der Waals surface area (Å²) in [7, 11) is -4.26. The molecule has 4 nitrogen and oxygen atoms in total. The Balaban J connectivity index is 0. The number of aliphatic hydroxyl groups excluding tert-OH is 1. The smallest absolute Gasteiger partial charge is 0.748 e. The Kier molecular flexibility index (Phi) is 11.8. The standard InChI is InChI=1S/C10H22O4S.Na/c1-3-4-5-6-7-10(8-9(2)11)15(12,13)14;/h9-11H,3-8H2,1-2H3,(H,12,13,14);/q;+1/p-1. The van der Waals surface area contributed by atoms with Gasteiger partial charge in [0.1, 0.15) is 0 Å². The first-order chi connectivity index (χ1) is 6.88. The molecule has 0 aromatic rings. The van der Waals surface area contributed by atoms with E-state index in [9.17, 15) is 13.0 Å². The molecule has 2 unspecified atom stereocenters. The van der Waals surface area contributed by atoms with Crippen molar-refractivity contribution in [3.63, 3.8) is 0 Å². The molecule has 0 saturated heterocycles. The zero-order valence-electron chi connectivity index (χ0n) is 10.5. The Morgan fingerprint density at radius 2 is 1.81 bits per heavy atom. The van der Waals surface area contributed by atoms with Crippen LogP contribution in [0.25, 0.3) is 0 Å². The Morgan fingerprint density at radius 3 is 2.19 bits per heavy atom. The SMILES string of the molecule is CCCCCCC(CC(C)O)S(=O)(=O)[O-].[Na+]. The van der Waals surface area contributed by atoms with Crippen molar-refractivity contribution in [1.82, 2.24) is 0 Å². The monoisotopic (exact) mass is 260 g/mol. The zero-order chi connectivity index (χ0) is 11.9. The van der Waals surface area contributed by atoms with E-state index in [2.05, 4.69) is 6.92 Å². The van der Waals surface area contributed by atoms with Gasteiger partial charge in [-0.05, 0) is 19.8 Å². The second-order valence-electron chi connectivity index (χ2n) is 4.05. The van der Waals surface area contributed by atoms with Gasteiger partial charge >= 0.3 is 29.6 Å². The number of hydrogen-bond donors (Lipinski definition) is 1. The van der Waals surface area contributed by atoms with E-state index >= 15 is 0 Å². The van der Waals surface area contributed by atoms with Crippen LogP contribution in [0.4, 0.5) is 0 Å². The largest absolute Gasteiger partial charge is 1.00 e. The Morgan fingerprint density at radius 1 is 1.25 bits per heavy atom. The van der Waals surface area contributed by atoms with Crippen molar-refractivity contribution in [1.29, 1.82) is 0 Å². The maximum Gasteiger partial charge on any atom is 1.00 e. The van der Waals surface area contributed by atoms with Gasteiger partial charge in [-0.3, -0.25) is 0 Å². The molecule has 0 saturated carbocycles. The molecule has 0 spiro atoms. The zero-order valence-corrected chi connectivity index (χ0v) is 13.3. The van der Waals surface area contributed by atoms with Crippen molar-refractivity contribution in [3.8, 4) is 0 Å². The van der Waals surface area contributed by atoms with Crippen LogP contribution in [0.1, 0.15) is 52.4 Å². The Hall–Kier alpha value is 0.870. The molecule has 0 heterocycles. The van der Waals surface area contributed by atoms with Gasteiger partial charge in [0, 0.05) is 0 Å². The quantitative estimate of drug-likeness (QED) is 0.332. The first-order valence-electron chi connectivity index (χ1n) is 5.50. The van der Waals surface area contributed by atoms with Crippen molar-refractivity contribution < 1.29 is 47.6 Å². The molecule has 0 bridgehead atoms. The van der Waals surface area contributed by atoms with Gasteiger partial charge in [-0.2, -0.15) is 0 Å². The maximum absolute atomic E-state index is 10.9. The number of hydrogen-bond acceptors (Lipinski definition) is 4. The van der Waals surface area contributed by atoms with E-state index < -0.39 is 21.5 Å². The minimum Gasteiger partial charge on any atom is -0.748 e. The second kappa shape index (κ2) is 9.85. The third kappa shape index (κ3) is 10.1. The fraction of sp³-hybridized carbons (Fsp3) is 1.00. The van der Waals surface area contributed by atoms with Crippen molar-refractivity contribution >= 4 is 10.1 Å². The van der Waals surface area contributed by atoms with E-state index in [1.54, 1.807) is 0 Å². The van der Waals surface area contributed by atoms with Gasteiger partial charge in [-0.15, -0.1) is 0 Å². The van der Waals surface area contributed by atoms with Gasteiger partial charge in [0.25, 0.3) is 0 Å². The van der Waals surface area contributed by atoms with Crippen LogP contribution in [0.3, 0.4) is 0 Å². The molecule has 0 aromatic carbocycles. The number of unbranched alkanes of at least 4 members (excludes halogenated alkanes) is 3. The predicted molar refractivity (Wildman–Crippen MR) is 58.5 cm³/mol. The maximum atomic E-state index is 10.9. The van der Waals surface area contributed by atoms with Crippen LogP contribution in [-0.4, -0.2) is 29.4 Å². The average molecular weight is 260 g/mol. The fourth-order valence-corrected chi connectivity index (χ4v) is 2.53. The van der Waals surface area contributed by atoms with Crippen LogP contribution >= 0.6 is 0 Å². The third-order valence-corrected chi connectivity index (χ3v) is 3.64. The van der Waals surface area contributed by atoms with Gasteiger partial charge in [-0.1, -0.05) is 32.6 Å². The molecule has 0 aromatic heterocycles. The molecular weight excluding hydrogens is 239 g/mol. The molecule has 2 atom stereocenters. The van der Waals surface area contributed by atoms with Gasteiger partial charge in [0.05, 0.1) is 21.5 Å². The van der Waals surface area contributed by atoms with Gasteiger partial charge in [0.15, 0.2) is 0 Å². The van der Waals surface area contributed by atoms with Crippen LogP contribution in [0.15, 0.2) is 0 Å². The summed E-state index contributed by atoms with van der Waals surface area (Å²) in [5.74, 6) is 0. The third-order valence-electron chi connectivity index (χ3n) is 2.39. The molecule has 0 rings (SSSR count). The summed E-state index contributed by atoms with van der Waals surface area (Å²) in [6.07, 6.45) is 3.51. The molecule has 0 amide bonds. The summed E-state index contributed by atoms with van der Waals surface area (Å²) in [4.78, 5) is 0. The minimum atomic E-state index is -4.26. The second-order valence-corrected chi connectivity index (χ2v) is 5.70. The van der Waals surface area contributed by atoms with Crippen molar-refractivity contribution in [2.75, 3.05) is 0 Å². The number of aliphatic hydroxyl groups is 1. The topological polar surface area (TPSA) is 77.4 Å². The molecule has 0 fully saturated rings. The van der Waals surface area contributed by atoms with Crippen LogP contribution in [0, 0.1) is 0 Å². The Bertz CT molecular complexity index is 252. The minimum absolute atomic E-state index is 0. The normalized spacial score (nSPS) is 15.2. The van der Waals surface area contributed by atoms with E-state index in [1.807, 2.05) is 0 Å². The van der Waals surface area contributed by atoms with E-state index in [1.165, 1.54) is 6.92 Å². The molecular formula is C10H21NaO4S. The van der Waals surface area contributed by atoms with Gasteiger partial charge in [0.2, 0.25) is 0 Å². The first kappa shape index (κ1) is 19.2. The summed E-state index contributed by atoms with van der Waals surface area (Å²) in [5.41, 5.74) is 0. The molecule has 0 aliphatic carbocycles. The first-order valence-corrected chi connectivity index (χ1v) is 6.97. The molecule has 92 valence electrons. The van der Waals surface area contributed by atoms with Crippen molar-refractivity contribution in [3.05, 3.63) is 0 Å². The molecule has 0 aliphatic heterocycles. The molecule has 0 radical (unpaired) electrons. The summed E-state index contributed by atoms with van der Waals surface area (Å²) < 4.78 is 32.6. The van der Waals surface area contributed by atoms with Crippen LogP contribution in [0.2, 0.25) is 0 Å². The molecule has 1 N–H and O–H groups in total.